The van der Waals surface area contributed by atoms with Crippen LogP contribution >= 0.6 is 0 Å². The van der Waals surface area contributed by atoms with Gasteiger partial charge in [0.1, 0.15) is 0 Å². The first-order valence-corrected chi connectivity index (χ1v) is 12.6. The van der Waals surface area contributed by atoms with Gasteiger partial charge in [0.2, 0.25) is 11.8 Å². The van der Waals surface area contributed by atoms with Crippen LogP contribution in [0.4, 0.5) is 0 Å². The molecule has 2 aliphatic rings. The molecule has 4 amide bonds. The minimum Gasteiger partial charge on any atom is -0.286 e. The van der Waals surface area contributed by atoms with Crippen LogP contribution in [0.1, 0.15) is 74.8 Å². The van der Waals surface area contributed by atoms with E-state index in [1.54, 1.807) is 0 Å². The van der Waals surface area contributed by atoms with Crippen LogP contribution in [0.2, 0.25) is 0 Å². The number of carbonyl (C=O) groups excluding carboxylic acids is 4. The third kappa shape index (κ3) is 3.14. The summed E-state index contributed by atoms with van der Waals surface area (Å²) in [7, 11) is 3.04. The SMILES string of the molecule is Cc1[c-]c2c3c(C)c(C)c4c5c(c(C)[c-]c(c6c(C)c(C)c7c(c1C(=O)N(C)C7=O)c26)c53)C(=O)N(C)C4=O.[Y].[Y]. The summed E-state index contributed by atoms with van der Waals surface area (Å²) in [5.41, 5.74) is 6.86. The van der Waals surface area contributed by atoms with E-state index in [0.29, 0.717) is 44.2 Å². The smallest absolute Gasteiger partial charge is 0.259 e. The summed E-state index contributed by atoms with van der Waals surface area (Å²) >= 11 is 0. The largest absolute Gasteiger partial charge is 0.286 e. The van der Waals surface area contributed by atoms with Gasteiger partial charge in [-0.15, -0.1) is 44.8 Å². The molecule has 0 aromatic heterocycles. The van der Waals surface area contributed by atoms with E-state index in [4.69, 9.17) is 0 Å². The Morgan fingerprint density at radius 2 is 0.725 bits per heavy atom. The predicted molar refractivity (Wildman–Crippen MR) is 147 cm³/mol. The van der Waals surface area contributed by atoms with Crippen LogP contribution in [0.25, 0.3) is 43.1 Å². The van der Waals surface area contributed by atoms with E-state index in [9.17, 15) is 19.2 Å². The normalized spacial score (nSPS) is 14.7. The van der Waals surface area contributed by atoms with E-state index >= 15 is 0 Å². The summed E-state index contributed by atoms with van der Waals surface area (Å²) in [6.07, 6.45) is 0. The minimum atomic E-state index is -0.333. The molecule has 0 saturated heterocycles. The van der Waals surface area contributed by atoms with Crippen molar-refractivity contribution in [2.24, 2.45) is 0 Å². The van der Waals surface area contributed by atoms with Gasteiger partial charge in [-0.05, 0) is 49.9 Å². The summed E-state index contributed by atoms with van der Waals surface area (Å²) in [5, 5.41) is 6.33. The third-order valence-corrected chi connectivity index (χ3v) is 9.07. The van der Waals surface area contributed by atoms with Crippen LogP contribution < -0.4 is 0 Å². The second-order valence-electron chi connectivity index (χ2n) is 10.8. The molecule has 0 bridgehead atoms. The molecule has 0 spiro atoms. The Morgan fingerprint density at radius 1 is 0.425 bits per heavy atom. The van der Waals surface area contributed by atoms with Crippen molar-refractivity contribution < 1.29 is 84.6 Å². The van der Waals surface area contributed by atoms with Gasteiger partial charge in [0.25, 0.3) is 11.8 Å². The second kappa shape index (κ2) is 9.19. The van der Waals surface area contributed by atoms with Gasteiger partial charge in [-0.25, -0.2) is 0 Å². The van der Waals surface area contributed by atoms with Crippen LogP contribution in [-0.2, 0) is 65.4 Å². The summed E-state index contributed by atoms with van der Waals surface area (Å²) < 4.78 is 0. The number of nitrogens with zero attached hydrogens (tertiary/aromatic N) is 2. The predicted octanol–water partition coefficient (Wildman–Crippen LogP) is 5.63. The van der Waals surface area contributed by atoms with E-state index in [-0.39, 0.29) is 89.0 Å². The molecule has 6 nitrogen and oxygen atoms in total. The van der Waals surface area contributed by atoms with Gasteiger partial charge in [0.05, 0.1) is 0 Å². The van der Waals surface area contributed by atoms with Gasteiger partial charge in [-0.1, -0.05) is 35.7 Å². The zero-order valence-electron chi connectivity index (χ0n) is 23.7. The van der Waals surface area contributed by atoms with Crippen molar-refractivity contribution in [1.29, 1.82) is 0 Å². The number of hydrogen-bond donors (Lipinski definition) is 0. The zero-order chi connectivity index (χ0) is 27.3. The van der Waals surface area contributed by atoms with Crippen LogP contribution in [0.5, 0.6) is 0 Å². The average Bonchev–Trinajstić information content (AvgIpc) is 2.87. The molecule has 2 aliphatic heterocycles. The standard InChI is InChI=1S/C32H24N2O4.2Y/c1-11-9-17-21-13(3)16(6)24-28-20(30(36)34(8)32(24)38)12(2)10-18(26(21)28)22-14(4)15(5)23-27(25(17)22)19(11)29(35)33(7)31(23)37;;/h1-8H3;;/q-2;;. The van der Waals surface area contributed by atoms with Gasteiger partial charge in [0.15, 0.2) is 0 Å². The molecule has 0 fully saturated rings. The van der Waals surface area contributed by atoms with E-state index in [2.05, 4.69) is 12.1 Å². The van der Waals surface area contributed by atoms with Gasteiger partial charge >= 0.3 is 0 Å². The molecule has 0 unspecified atom stereocenters. The summed E-state index contributed by atoms with van der Waals surface area (Å²) in [6.45, 7) is 11.5. The molecule has 8 heteroatoms. The molecule has 2 radical (unpaired) electrons. The first-order chi connectivity index (χ1) is 17.9. The van der Waals surface area contributed by atoms with Crippen molar-refractivity contribution in [2.75, 3.05) is 14.1 Å². The summed E-state index contributed by atoms with van der Waals surface area (Å²) in [5.74, 6) is -1.29. The number of imide groups is 2. The molecular weight excluding hydrogens is 654 g/mol. The summed E-state index contributed by atoms with van der Waals surface area (Å²) in [4.78, 5) is 56.2. The van der Waals surface area contributed by atoms with E-state index in [1.165, 1.54) is 23.9 Å². The molecule has 2 heterocycles. The van der Waals surface area contributed by atoms with Gasteiger partial charge in [0, 0.05) is 90.6 Å². The Kier molecular flexibility index (Phi) is 6.75. The fourth-order valence-electron chi connectivity index (χ4n) is 6.92. The molecule has 7 rings (SSSR count). The molecular formula is C32H24N2O4Y2-2. The molecule has 40 heavy (non-hydrogen) atoms. The molecule has 0 aliphatic carbocycles. The Morgan fingerprint density at radius 3 is 1.05 bits per heavy atom. The number of fused-ring (bicyclic) bond motifs is 2. The average molecular weight is 678 g/mol. The number of hydrogen-bond acceptors (Lipinski definition) is 4. The number of rotatable bonds is 0. The van der Waals surface area contributed by atoms with Crippen molar-refractivity contribution in [3.63, 3.8) is 0 Å². The van der Waals surface area contributed by atoms with E-state index in [0.717, 1.165) is 54.6 Å². The Hall–Kier alpha value is -2.11. The van der Waals surface area contributed by atoms with Crippen molar-refractivity contribution in [3.05, 3.63) is 67.8 Å². The molecule has 0 atom stereocenters. The Bertz CT molecular complexity index is 1940. The Labute approximate surface area is 281 Å². The third-order valence-electron chi connectivity index (χ3n) is 9.07. The van der Waals surface area contributed by atoms with Crippen molar-refractivity contribution >= 4 is 66.7 Å². The fraction of sp³-hybridized carbons (Fsp3) is 0.250. The second-order valence-corrected chi connectivity index (χ2v) is 10.8. The molecule has 0 saturated carbocycles. The van der Waals surface area contributed by atoms with Crippen LogP contribution in [0.3, 0.4) is 0 Å². The van der Waals surface area contributed by atoms with E-state index in [1.807, 2.05) is 41.5 Å². The minimum absolute atomic E-state index is 0. The molecule has 0 N–H and O–H groups in total. The maximum atomic E-state index is 13.5. The van der Waals surface area contributed by atoms with Crippen molar-refractivity contribution in [1.82, 2.24) is 9.80 Å². The van der Waals surface area contributed by atoms with Gasteiger partial charge < -0.3 is 0 Å². The summed E-state index contributed by atoms with van der Waals surface area (Å²) in [6, 6.07) is 7.04. The van der Waals surface area contributed by atoms with Gasteiger partial charge in [-0.3, -0.25) is 29.0 Å². The maximum absolute atomic E-state index is 13.5. The first-order valence-electron chi connectivity index (χ1n) is 12.6. The topological polar surface area (TPSA) is 74.8 Å². The number of carbonyl (C=O) groups is 4. The van der Waals surface area contributed by atoms with Crippen molar-refractivity contribution in [3.8, 4) is 0 Å². The van der Waals surface area contributed by atoms with Crippen LogP contribution in [0, 0.1) is 53.7 Å². The molecule has 194 valence electrons. The zero-order valence-corrected chi connectivity index (χ0v) is 29.4. The number of amides is 4. The monoisotopic (exact) mass is 678 g/mol. The van der Waals surface area contributed by atoms with Crippen molar-refractivity contribution in [2.45, 2.75) is 41.5 Å². The van der Waals surface area contributed by atoms with Gasteiger partial charge in [-0.2, -0.15) is 10.8 Å². The van der Waals surface area contributed by atoms with Crippen LogP contribution in [-0.4, -0.2) is 47.5 Å². The molecule has 5 aromatic rings. The Balaban J connectivity index is 0.00000161. The molecule has 5 aromatic carbocycles. The quantitative estimate of drug-likeness (QED) is 0.0922. The number of aryl methyl sites for hydroxylation is 4. The fourth-order valence-corrected chi connectivity index (χ4v) is 6.92. The van der Waals surface area contributed by atoms with E-state index < -0.39 is 0 Å². The maximum Gasteiger partial charge on any atom is 0.259 e. The van der Waals surface area contributed by atoms with Crippen LogP contribution in [0.15, 0.2) is 0 Å². The first kappa shape index (κ1) is 29.4. The number of benzene rings is 5.